The molecule has 1 aliphatic rings. The third-order valence-corrected chi connectivity index (χ3v) is 2.39. The molecule has 0 heterocycles. The molecule has 0 aromatic rings. The van der Waals surface area contributed by atoms with Crippen molar-refractivity contribution >= 4 is 5.91 Å². The molecule has 1 amide bonds. The SMILES string of the molecule is C=CCN(C(=O)C(C)(C)C#N)C1CC1. The molecule has 0 unspecified atom stereocenters. The first-order chi connectivity index (χ1) is 6.53. The summed E-state index contributed by atoms with van der Waals surface area (Å²) in [5.74, 6) is -0.0811. The normalized spacial score (nSPS) is 15.8. The third kappa shape index (κ3) is 2.14. The first kappa shape index (κ1) is 10.8. The van der Waals surface area contributed by atoms with E-state index < -0.39 is 5.41 Å². The number of nitriles is 1. The van der Waals surface area contributed by atoms with Gasteiger partial charge in [-0.15, -0.1) is 6.58 Å². The lowest BCUT2D eigenvalue weighted by molar-refractivity contribution is -0.137. The molecule has 0 aliphatic heterocycles. The van der Waals surface area contributed by atoms with Gasteiger partial charge in [-0.3, -0.25) is 4.79 Å². The molecule has 3 heteroatoms. The number of nitrogens with zero attached hydrogens (tertiary/aromatic N) is 2. The molecule has 1 saturated carbocycles. The molecule has 0 atom stereocenters. The maximum Gasteiger partial charge on any atom is 0.243 e. The second kappa shape index (κ2) is 3.83. The Morgan fingerprint density at radius 1 is 1.71 bits per heavy atom. The Balaban J connectivity index is 2.73. The molecule has 0 radical (unpaired) electrons. The zero-order valence-electron chi connectivity index (χ0n) is 8.79. The molecule has 76 valence electrons. The summed E-state index contributed by atoms with van der Waals surface area (Å²) < 4.78 is 0. The zero-order valence-corrected chi connectivity index (χ0v) is 8.79. The Kier molecular flexibility index (Phi) is 2.95. The van der Waals surface area contributed by atoms with Crippen LogP contribution in [0, 0.1) is 16.7 Å². The molecular weight excluding hydrogens is 176 g/mol. The van der Waals surface area contributed by atoms with Crippen molar-refractivity contribution in [2.45, 2.75) is 32.7 Å². The van der Waals surface area contributed by atoms with E-state index in [1.807, 2.05) is 6.07 Å². The maximum absolute atomic E-state index is 11.9. The molecule has 0 N–H and O–H groups in total. The molecule has 0 aromatic heterocycles. The minimum Gasteiger partial charge on any atom is -0.335 e. The number of amides is 1. The van der Waals surface area contributed by atoms with Gasteiger partial charge in [0.25, 0.3) is 0 Å². The van der Waals surface area contributed by atoms with Gasteiger partial charge in [0.15, 0.2) is 0 Å². The summed E-state index contributed by atoms with van der Waals surface area (Å²) in [5.41, 5.74) is -0.911. The van der Waals surface area contributed by atoms with Crippen LogP contribution in [0.2, 0.25) is 0 Å². The monoisotopic (exact) mass is 192 g/mol. The van der Waals surface area contributed by atoms with Crippen LogP contribution in [0.4, 0.5) is 0 Å². The van der Waals surface area contributed by atoms with Crippen LogP contribution in [-0.4, -0.2) is 23.4 Å². The van der Waals surface area contributed by atoms with Crippen molar-refractivity contribution in [1.29, 1.82) is 5.26 Å². The van der Waals surface area contributed by atoms with Crippen LogP contribution in [0.3, 0.4) is 0 Å². The van der Waals surface area contributed by atoms with Gasteiger partial charge in [-0.25, -0.2) is 0 Å². The second-order valence-corrected chi connectivity index (χ2v) is 4.21. The summed E-state index contributed by atoms with van der Waals surface area (Å²) >= 11 is 0. The van der Waals surface area contributed by atoms with Crippen LogP contribution in [0.5, 0.6) is 0 Å². The van der Waals surface area contributed by atoms with Crippen molar-refractivity contribution in [3.05, 3.63) is 12.7 Å². The van der Waals surface area contributed by atoms with E-state index in [2.05, 4.69) is 6.58 Å². The number of carbonyl (C=O) groups is 1. The standard InChI is InChI=1S/C11H16N2O/c1-4-7-13(9-5-6-9)10(14)11(2,3)8-12/h4,9H,1,5-7H2,2-3H3. The minimum atomic E-state index is -0.911. The number of carbonyl (C=O) groups excluding carboxylic acids is 1. The van der Waals surface area contributed by atoms with Gasteiger partial charge in [0.2, 0.25) is 5.91 Å². The van der Waals surface area contributed by atoms with E-state index >= 15 is 0 Å². The lowest BCUT2D eigenvalue weighted by Crippen LogP contribution is -2.41. The summed E-state index contributed by atoms with van der Waals surface area (Å²) in [6.45, 7) is 7.50. The van der Waals surface area contributed by atoms with Gasteiger partial charge in [-0.05, 0) is 26.7 Å². The molecule has 1 fully saturated rings. The number of rotatable bonds is 4. The highest BCUT2D eigenvalue weighted by Gasteiger charge is 2.39. The van der Waals surface area contributed by atoms with Crippen molar-refractivity contribution in [2.75, 3.05) is 6.54 Å². The molecule has 0 saturated heterocycles. The highest BCUT2D eigenvalue weighted by atomic mass is 16.2. The fourth-order valence-electron chi connectivity index (χ4n) is 1.33. The smallest absolute Gasteiger partial charge is 0.243 e. The van der Waals surface area contributed by atoms with Crippen molar-refractivity contribution in [3.63, 3.8) is 0 Å². The second-order valence-electron chi connectivity index (χ2n) is 4.21. The molecule has 0 bridgehead atoms. The molecular formula is C11H16N2O. The van der Waals surface area contributed by atoms with Gasteiger partial charge >= 0.3 is 0 Å². The van der Waals surface area contributed by atoms with Gasteiger partial charge in [-0.2, -0.15) is 5.26 Å². The number of hydrogen-bond donors (Lipinski definition) is 0. The predicted octanol–water partition coefficient (Wildman–Crippen LogP) is 1.71. The first-order valence-electron chi connectivity index (χ1n) is 4.86. The largest absolute Gasteiger partial charge is 0.335 e. The van der Waals surface area contributed by atoms with Gasteiger partial charge in [-0.1, -0.05) is 6.08 Å². The lowest BCUT2D eigenvalue weighted by Gasteiger charge is -2.26. The van der Waals surface area contributed by atoms with Crippen molar-refractivity contribution in [2.24, 2.45) is 5.41 Å². The van der Waals surface area contributed by atoms with Crippen LogP contribution in [0.15, 0.2) is 12.7 Å². The van der Waals surface area contributed by atoms with E-state index in [-0.39, 0.29) is 5.91 Å². The third-order valence-electron chi connectivity index (χ3n) is 2.39. The van der Waals surface area contributed by atoms with Crippen LogP contribution < -0.4 is 0 Å². The van der Waals surface area contributed by atoms with Crippen LogP contribution in [0.25, 0.3) is 0 Å². The molecule has 1 aliphatic carbocycles. The molecule has 3 nitrogen and oxygen atoms in total. The topological polar surface area (TPSA) is 44.1 Å². The number of hydrogen-bond acceptors (Lipinski definition) is 2. The predicted molar refractivity (Wildman–Crippen MR) is 54.3 cm³/mol. The summed E-state index contributed by atoms with van der Waals surface area (Å²) in [6, 6.07) is 2.38. The van der Waals surface area contributed by atoms with Gasteiger partial charge in [0, 0.05) is 12.6 Å². The average molecular weight is 192 g/mol. The highest BCUT2D eigenvalue weighted by Crippen LogP contribution is 2.30. The fourth-order valence-corrected chi connectivity index (χ4v) is 1.33. The zero-order chi connectivity index (χ0) is 10.8. The van der Waals surface area contributed by atoms with E-state index in [0.29, 0.717) is 12.6 Å². The van der Waals surface area contributed by atoms with E-state index in [1.165, 1.54) is 0 Å². The van der Waals surface area contributed by atoms with Crippen molar-refractivity contribution in [1.82, 2.24) is 4.90 Å². The molecule has 1 rings (SSSR count). The van der Waals surface area contributed by atoms with Gasteiger partial charge < -0.3 is 4.90 Å². The summed E-state index contributed by atoms with van der Waals surface area (Å²) in [6.07, 6.45) is 3.83. The van der Waals surface area contributed by atoms with Gasteiger partial charge in [0.05, 0.1) is 6.07 Å². The summed E-state index contributed by atoms with van der Waals surface area (Å²) in [5, 5.41) is 8.86. The van der Waals surface area contributed by atoms with E-state index in [1.54, 1.807) is 24.8 Å². The minimum absolute atomic E-state index is 0.0811. The van der Waals surface area contributed by atoms with Crippen molar-refractivity contribution in [3.8, 4) is 6.07 Å². The van der Waals surface area contributed by atoms with E-state index in [4.69, 9.17) is 5.26 Å². The maximum atomic E-state index is 11.9. The lowest BCUT2D eigenvalue weighted by atomic mass is 9.93. The summed E-state index contributed by atoms with van der Waals surface area (Å²) in [4.78, 5) is 13.7. The average Bonchev–Trinajstić information content (AvgIpc) is 2.96. The Morgan fingerprint density at radius 3 is 2.64 bits per heavy atom. The van der Waals surface area contributed by atoms with E-state index in [9.17, 15) is 4.79 Å². The van der Waals surface area contributed by atoms with E-state index in [0.717, 1.165) is 12.8 Å². The molecule has 0 spiro atoms. The molecule has 14 heavy (non-hydrogen) atoms. The highest BCUT2D eigenvalue weighted by molar-refractivity contribution is 5.85. The Labute approximate surface area is 85.0 Å². The molecule has 0 aromatic carbocycles. The fraction of sp³-hybridized carbons (Fsp3) is 0.636. The van der Waals surface area contributed by atoms with Crippen LogP contribution >= 0.6 is 0 Å². The Bertz CT molecular complexity index is 284. The first-order valence-corrected chi connectivity index (χ1v) is 4.86. The Morgan fingerprint density at radius 2 is 2.29 bits per heavy atom. The Hall–Kier alpha value is -1.30. The van der Waals surface area contributed by atoms with Crippen LogP contribution in [-0.2, 0) is 4.79 Å². The summed E-state index contributed by atoms with van der Waals surface area (Å²) in [7, 11) is 0. The van der Waals surface area contributed by atoms with Gasteiger partial charge in [0.1, 0.15) is 5.41 Å². The quantitative estimate of drug-likeness (QED) is 0.636. The van der Waals surface area contributed by atoms with Crippen LogP contribution in [0.1, 0.15) is 26.7 Å². The van der Waals surface area contributed by atoms with Crippen molar-refractivity contribution < 1.29 is 4.79 Å².